The molecule has 1 aliphatic heterocycles. The highest BCUT2D eigenvalue weighted by atomic mass is 16.4. The first-order chi connectivity index (χ1) is 14.0. The number of hydrogen-bond donors (Lipinski definition) is 2. The number of aryl methyl sites for hydroxylation is 1. The van der Waals surface area contributed by atoms with Gasteiger partial charge < -0.3 is 20.4 Å². The number of nitrogens with zero attached hydrogens (tertiary/aromatic N) is 2. The number of hydrogen-bond acceptors (Lipinski definition) is 5. The van der Waals surface area contributed by atoms with E-state index in [1.54, 1.807) is 19.1 Å². The third kappa shape index (κ3) is 3.85. The van der Waals surface area contributed by atoms with Gasteiger partial charge >= 0.3 is 0 Å². The summed E-state index contributed by atoms with van der Waals surface area (Å²) in [5, 5.41) is 2.89. The highest BCUT2D eigenvalue weighted by molar-refractivity contribution is 6.06. The van der Waals surface area contributed by atoms with Gasteiger partial charge in [-0.25, -0.2) is 4.98 Å². The fourth-order valence-corrected chi connectivity index (χ4v) is 3.52. The van der Waals surface area contributed by atoms with Gasteiger partial charge in [-0.15, -0.1) is 0 Å². The lowest BCUT2D eigenvalue weighted by Gasteiger charge is -2.22. The van der Waals surface area contributed by atoms with Gasteiger partial charge in [0.1, 0.15) is 5.76 Å². The molecule has 0 atom stereocenters. The number of anilines is 2. The van der Waals surface area contributed by atoms with E-state index < -0.39 is 11.8 Å². The molecule has 3 aromatic rings. The number of nitrogens with one attached hydrogen (secondary N) is 1. The lowest BCUT2D eigenvalue weighted by molar-refractivity contribution is 0.0995. The van der Waals surface area contributed by atoms with E-state index >= 15 is 0 Å². The van der Waals surface area contributed by atoms with Gasteiger partial charge in [0.05, 0.1) is 11.4 Å². The zero-order valence-corrected chi connectivity index (χ0v) is 16.1. The molecular formula is C22H22N4O3. The lowest BCUT2D eigenvalue weighted by Crippen LogP contribution is -2.22. The predicted molar refractivity (Wildman–Crippen MR) is 111 cm³/mol. The summed E-state index contributed by atoms with van der Waals surface area (Å²) >= 11 is 0. The largest absolute Gasteiger partial charge is 0.441 e. The molecule has 0 aliphatic carbocycles. The number of amides is 2. The van der Waals surface area contributed by atoms with Gasteiger partial charge in [-0.2, -0.15) is 0 Å². The Morgan fingerprint density at radius 1 is 1.10 bits per heavy atom. The summed E-state index contributed by atoms with van der Waals surface area (Å²) in [4.78, 5) is 31.1. The zero-order valence-electron chi connectivity index (χ0n) is 16.1. The first-order valence-corrected chi connectivity index (χ1v) is 9.56. The molecule has 0 unspecified atom stereocenters. The molecule has 1 aromatic heterocycles. The predicted octanol–water partition coefficient (Wildman–Crippen LogP) is 3.60. The van der Waals surface area contributed by atoms with Crippen LogP contribution in [0.5, 0.6) is 0 Å². The fraction of sp³-hybridized carbons (Fsp3) is 0.227. The second kappa shape index (κ2) is 7.79. The van der Waals surface area contributed by atoms with E-state index in [0.29, 0.717) is 22.9 Å². The van der Waals surface area contributed by atoms with Gasteiger partial charge in [0.25, 0.3) is 5.91 Å². The van der Waals surface area contributed by atoms with Crippen molar-refractivity contribution in [2.24, 2.45) is 5.73 Å². The Morgan fingerprint density at radius 2 is 1.83 bits per heavy atom. The number of rotatable bonds is 5. The van der Waals surface area contributed by atoms with Crippen molar-refractivity contribution in [3.05, 3.63) is 65.5 Å². The van der Waals surface area contributed by atoms with Crippen molar-refractivity contribution in [2.75, 3.05) is 23.3 Å². The fourth-order valence-electron chi connectivity index (χ4n) is 3.52. The third-order valence-corrected chi connectivity index (χ3v) is 5.01. The van der Waals surface area contributed by atoms with E-state index in [-0.39, 0.29) is 5.69 Å². The van der Waals surface area contributed by atoms with Gasteiger partial charge in [0, 0.05) is 24.2 Å². The van der Waals surface area contributed by atoms with Gasteiger partial charge in [-0.05, 0) is 50.1 Å². The molecule has 4 rings (SSSR count). The van der Waals surface area contributed by atoms with Crippen LogP contribution in [0.1, 0.15) is 39.4 Å². The highest BCUT2D eigenvalue weighted by Crippen LogP contribution is 2.31. The molecule has 2 amide bonds. The Morgan fingerprint density at radius 3 is 2.52 bits per heavy atom. The second-order valence-corrected chi connectivity index (χ2v) is 7.03. The molecule has 7 heteroatoms. The van der Waals surface area contributed by atoms with Crippen LogP contribution < -0.4 is 16.0 Å². The molecule has 3 N–H and O–H groups in total. The number of carbonyl (C=O) groups excluding carboxylic acids is 2. The van der Waals surface area contributed by atoms with Crippen molar-refractivity contribution in [3.8, 4) is 11.5 Å². The summed E-state index contributed by atoms with van der Waals surface area (Å²) in [6, 6.07) is 14.5. The molecule has 0 saturated carbocycles. The maximum Gasteiger partial charge on any atom is 0.277 e. The average Bonchev–Trinajstić information content (AvgIpc) is 3.38. The average molecular weight is 390 g/mol. The van der Waals surface area contributed by atoms with Gasteiger partial charge in [0.2, 0.25) is 11.8 Å². The molecule has 1 fully saturated rings. The van der Waals surface area contributed by atoms with Crippen molar-refractivity contribution in [2.45, 2.75) is 19.8 Å². The summed E-state index contributed by atoms with van der Waals surface area (Å²) < 4.78 is 5.70. The molecule has 2 heterocycles. The maximum absolute atomic E-state index is 13.0. The minimum absolute atomic E-state index is 0.209. The van der Waals surface area contributed by atoms with Crippen molar-refractivity contribution in [3.63, 3.8) is 0 Å². The molecular weight excluding hydrogens is 368 g/mol. The Labute approximate surface area is 168 Å². The summed E-state index contributed by atoms with van der Waals surface area (Å²) in [7, 11) is 0. The standard InChI is InChI=1S/C22H22N4O3/c1-14-19(25-22(29-14)15-7-3-2-4-8-15)21(28)24-17-13-16(20(23)27)9-10-18(17)26-11-5-6-12-26/h2-4,7-10,13H,5-6,11-12H2,1H3,(H2,23,27)(H,24,28). The number of primary amides is 1. The van der Waals surface area contributed by atoms with E-state index in [1.807, 2.05) is 36.4 Å². The van der Waals surface area contributed by atoms with Gasteiger partial charge in [-0.3, -0.25) is 9.59 Å². The SMILES string of the molecule is Cc1oc(-c2ccccc2)nc1C(=O)Nc1cc(C(N)=O)ccc1N1CCCC1. The summed E-state index contributed by atoms with van der Waals surface area (Å²) in [5.41, 5.74) is 8.17. The summed E-state index contributed by atoms with van der Waals surface area (Å²) in [6.45, 7) is 3.51. The molecule has 7 nitrogen and oxygen atoms in total. The van der Waals surface area contributed by atoms with E-state index in [9.17, 15) is 9.59 Å². The molecule has 1 aliphatic rings. The van der Waals surface area contributed by atoms with Crippen LogP contribution in [0.4, 0.5) is 11.4 Å². The van der Waals surface area contributed by atoms with Gasteiger partial charge in [0.15, 0.2) is 5.69 Å². The zero-order chi connectivity index (χ0) is 20.4. The Bertz CT molecular complexity index is 1050. The van der Waals surface area contributed by atoms with E-state index in [0.717, 1.165) is 37.2 Å². The topological polar surface area (TPSA) is 101 Å². The van der Waals surface area contributed by atoms with Crippen molar-refractivity contribution in [1.29, 1.82) is 0 Å². The third-order valence-electron chi connectivity index (χ3n) is 5.01. The number of aromatic nitrogens is 1. The van der Waals surface area contributed by atoms with Crippen molar-refractivity contribution in [1.82, 2.24) is 4.98 Å². The molecule has 2 aromatic carbocycles. The number of oxazole rings is 1. The number of benzene rings is 2. The number of carbonyl (C=O) groups is 2. The lowest BCUT2D eigenvalue weighted by atomic mass is 10.1. The summed E-state index contributed by atoms with van der Waals surface area (Å²) in [6.07, 6.45) is 2.18. The number of nitrogens with two attached hydrogens (primary N) is 1. The van der Waals surface area contributed by atoms with E-state index in [1.165, 1.54) is 0 Å². The minimum Gasteiger partial charge on any atom is -0.441 e. The molecule has 29 heavy (non-hydrogen) atoms. The van der Waals surface area contributed by atoms with E-state index in [4.69, 9.17) is 10.2 Å². The van der Waals surface area contributed by atoms with Gasteiger partial charge in [-0.1, -0.05) is 18.2 Å². The quantitative estimate of drug-likeness (QED) is 0.693. The Balaban J connectivity index is 1.65. The van der Waals surface area contributed by atoms with Crippen LogP contribution in [0.15, 0.2) is 52.9 Å². The van der Waals surface area contributed by atoms with Crippen LogP contribution >= 0.6 is 0 Å². The van der Waals surface area contributed by atoms with Crippen molar-refractivity contribution < 1.29 is 14.0 Å². The van der Waals surface area contributed by atoms with Crippen LogP contribution in [0.25, 0.3) is 11.5 Å². The van der Waals surface area contributed by atoms with Crippen molar-refractivity contribution >= 4 is 23.2 Å². The Kier molecular flexibility index (Phi) is 5.03. The van der Waals surface area contributed by atoms with Crippen LogP contribution in [-0.4, -0.2) is 29.9 Å². The van der Waals surface area contributed by atoms with Crippen LogP contribution in [0.2, 0.25) is 0 Å². The minimum atomic E-state index is -0.544. The monoisotopic (exact) mass is 390 g/mol. The van der Waals surface area contributed by atoms with Crippen LogP contribution in [-0.2, 0) is 0 Å². The molecule has 0 radical (unpaired) electrons. The molecule has 0 spiro atoms. The molecule has 0 bridgehead atoms. The molecule has 1 saturated heterocycles. The van der Waals surface area contributed by atoms with Crippen LogP contribution in [0.3, 0.4) is 0 Å². The van der Waals surface area contributed by atoms with Crippen LogP contribution in [0, 0.1) is 6.92 Å². The maximum atomic E-state index is 13.0. The smallest absolute Gasteiger partial charge is 0.277 e. The highest BCUT2D eigenvalue weighted by Gasteiger charge is 2.22. The summed E-state index contributed by atoms with van der Waals surface area (Å²) in [5.74, 6) is -0.123. The second-order valence-electron chi connectivity index (χ2n) is 7.03. The van der Waals surface area contributed by atoms with E-state index in [2.05, 4.69) is 15.2 Å². The Hall–Kier alpha value is -3.61. The molecule has 148 valence electrons. The first kappa shape index (κ1) is 18.7. The normalized spacial score (nSPS) is 13.5. The first-order valence-electron chi connectivity index (χ1n) is 9.56.